The smallest absolute Gasteiger partial charge is 0.282 e. The topological polar surface area (TPSA) is 72.2 Å². The van der Waals surface area contributed by atoms with Gasteiger partial charge in [0.25, 0.3) is 11.6 Å². The molecule has 0 aromatic heterocycles. The number of nitrogens with one attached hydrogen (secondary N) is 1. The number of carbonyl (C=O) groups excluding carboxylic acids is 1. The number of rotatable bonds is 3. The number of anilines is 1. The minimum absolute atomic E-state index is 0.0577. The SMILES string of the molecule is Cc1ccc([N+](=O)[O-])c(C(=O)Nc2ccc(Br)cc2C)c1. The van der Waals surface area contributed by atoms with Gasteiger partial charge in [0.05, 0.1) is 4.92 Å². The molecule has 1 amide bonds. The average molecular weight is 349 g/mol. The van der Waals surface area contributed by atoms with E-state index in [2.05, 4.69) is 21.2 Å². The number of nitro benzene ring substituents is 1. The lowest BCUT2D eigenvalue weighted by atomic mass is 10.1. The molecule has 0 heterocycles. The molecule has 5 nitrogen and oxygen atoms in total. The summed E-state index contributed by atoms with van der Waals surface area (Å²) < 4.78 is 0.902. The second-order valence-corrected chi connectivity index (χ2v) is 5.61. The molecular weight excluding hydrogens is 336 g/mol. The highest BCUT2D eigenvalue weighted by molar-refractivity contribution is 9.10. The van der Waals surface area contributed by atoms with E-state index in [1.54, 1.807) is 25.1 Å². The maximum absolute atomic E-state index is 12.3. The number of nitro groups is 1. The number of aryl methyl sites for hydroxylation is 2. The molecule has 0 radical (unpaired) electrons. The molecule has 108 valence electrons. The first-order valence-corrected chi connectivity index (χ1v) is 7.00. The van der Waals surface area contributed by atoms with Gasteiger partial charge >= 0.3 is 0 Å². The van der Waals surface area contributed by atoms with E-state index in [9.17, 15) is 14.9 Å². The lowest BCUT2D eigenvalue weighted by Crippen LogP contribution is -2.15. The van der Waals surface area contributed by atoms with Crippen LogP contribution >= 0.6 is 15.9 Å². The van der Waals surface area contributed by atoms with Gasteiger partial charge in [0, 0.05) is 16.2 Å². The maximum Gasteiger partial charge on any atom is 0.282 e. The molecule has 2 aromatic carbocycles. The molecule has 0 aliphatic rings. The lowest BCUT2D eigenvalue weighted by molar-refractivity contribution is -0.385. The van der Waals surface area contributed by atoms with Crippen LogP contribution in [0.4, 0.5) is 11.4 Å². The predicted octanol–water partition coefficient (Wildman–Crippen LogP) is 4.23. The number of amides is 1. The van der Waals surface area contributed by atoms with Crippen molar-refractivity contribution in [3.8, 4) is 0 Å². The van der Waals surface area contributed by atoms with Gasteiger partial charge in [-0.15, -0.1) is 0 Å². The van der Waals surface area contributed by atoms with Crippen LogP contribution < -0.4 is 5.32 Å². The highest BCUT2D eigenvalue weighted by atomic mass is 79.9. The number of benzene rings is 2. The first-order chi connectivity index (χ1) is 9.88. The Morgan fingerprint density at radius 3 is 2.52 bits per heavy atom. The molecule has 0 saturated heterocycles. The van der Waals surface area contributed by atoms with Gasteiger partial charge in [-0.3, -0.25) is 14.9 Å². The van der Waals surface area contributed by atoms with Gasteiger partial charge in [-0.2, -0.15) is 0 Å². The van der Waals surface area contributed by atoms with Crippen LogP contribution in [-0.2, 0) is 0 Å². The van der Waals surface area contributed by atoms with Crippen molar-refractivity contribution in [3.05, 3.63) is 67.7 Å². The van der Waals surface area contributed by atoms with E-state index in [0.29, 0.717) is 5.69 Å². The molecule has 2 rings (SSSR count). The number of hydrogen-bond acceptors (Lipinski definition) is 3. The standard InChI is InChI=1S/C15H13BrN2O3/c1-9-3-6-14(18(20)21)12(7-9)15(19)17-13-5-4-11(16)8-10(13)2/h3-8H,1-2H3,(H,17,19). The van der Waals surface area contributed by atoms with Crippen LogP contribution in [0.25, 0.3) is 0 Å². The van der Waals surface area contributed by atoms with E-state index >= 15 is 0 Å². The minimum atomic E-state index is -0.553. The Morgan fingerprint density at radius 1 is 1.19 bits per heavy atom. The molecule has 0 aliphatic carbocycles. The van der Waals surface area contributed by atoms with E-state index in [0.717, 1.165) is 15.6 Å². The Balaban J connectivity index is 2.36. The molecule has 6 heteroatoms. The first-order valence-electron chi connectivity index (χ1n) is 6.21. The Morgan fingerprint density at radius 2 is 1.90 bits per heavy atom. The fourth-order valence-electron chi connectivity index (χ4n) is 1.95. The number of carbonyl (C=O) groups is 1. The summed E-state index contributed by atoms with van der Waals surface area (Å²) in [6, 6.07) is 9.88. The van der Waals surface area contributed by atoms with Crippen LogP contribution in [-0.4, -0.2) is 10.8 Å². The lowest BCUT2D eigenvalue weighted by Gasteiger charge is -2.09. The molecule has 2 aromatic rings. The summed E-state index contributed by atoms with van der Waals surface area (Å²) in [5, 5.41) is 13.7. The minimum Gasteiger partial charge on any atom is -0.322 e. The van der Waals surface area contributed by atoms with Gasteiger partial charge in [0.2, 0.25) is 0 Å². The quantitative estimate of drug-likeness (QED) is 0.666. The fraction of sp³-hybridized carbons (Fsp3) is 0.133. The van der Waals surface area contributed by atoms with E-state index in [4.69, 9.17) is 0 Å². The van der Waals surface area contributed by atoms with Crippen molar-refractivity contribution in [2.24, 2.45) is 0 Å². The van der Waals surface area contributed by atoms with Crippen molar-refractivity contribution >= 4 is 33.2 Å². The molecule has 0 bridgehead atoms. The van der Waals surface area contributed by atoms with Gasteiger partial charge in [-0.1, -0.05) is 22.0 Å². The van der Waals surface area contributed by atoms with Crippen LogP contribution in [0.2, 0.25) is 0 Å². The Kier molecular flexibility index (Phi) is 4.37. The molecule has 1 N–H and O–H groups in total. The van der Waals surface area contributed by atoms with Crippen LogP contribution in [0, 0.1) is 24.0 Å². The third-order valence-electron chi connectivity index (χ3n) is 3.03. The Hall–Kier alpha value is -2.21. The molecule has 0 unspecified atom stereocenters. The molecule has 0 fully saturated rings. The highest BCUT2D eigenvalue weighted by Crippen LogP contribution is 2.24. The summed E-state index contributed by atoms with van der Waals surface area (Å²) in [6.45, 7) is 3.64. The average Bonchev–Trinajstić information content (AvgIpc) is 2.41. The van der Waals surface area contributed by atoms with Crippen molar-refractivity contribution in [2.45, 2.75) is 13.8 Å². The Bertz CT molecular complexity index is 729. The zero-order chi connectivity index (χ0) is 15.6. The van der Waals surface area contributed by atoms with Crippen molar-refractivity contribution in [3.63, 3.8) is 0 Å². The van der Waals surface area contributed by atoms with Crippen molar-refractivity contribution in [2.75, 3.05) is 5.32 Å². The van der Waals surface area contributed by atoms with Gasteiger partial charge < -0.3 is 5.32 Å². The van der Waals surface area contributed by atoms with E-state index in [1.165, 1.54) is 12.1 Å². The second-order valence-electron chi connectivity index (χ2n) is 4.69. The monoisotopic (exact) mass is 348 g/mol. The predicted molar refractivity (Wildman–Crippen MR) is 84.7 cm³/mol. The summed E-state index contributed by atoms with van der Waals surface area (Å²) in [7, 11) is 0. The maximum atomic E-state index is 12.3. The van der Waals surface area contributed by atoms with Gasteiger partial charge in [-0.05, 0) is 49.2 Å². The van der Waals surface area contributed by atoms with Gasteiger partial charge in [-0.25, -0.2) is 0 Å². The van der Waals surface area contributed by atoms with Crippen molar-refractivity contribution in [1.82, 2.24) is 0 Å². The number of halogens is 1. The Labute approximate surface area is 130 Å². The summed E-state index contributed by atoms with van der Waals surface area (Å²) >= 11 is 3.35. The normalized spacial score (nSPS) is 10.2. The third kappa shape index (κ3) is 3.46. The van der Waals surface area contributed by atoms with Crippen LogP contribution in [0.3, 0.4) is 0 Å². The van der Waals surface area contributed by atoms with E-state index in [1.807, 2.05) is 13.0 Å². The fourth-order valence-corrected chi connectivity index (χ4v) is 2.42. The summed E-state index contributed by atoms with van der Waals surface area (Å²) in [6.07, 6.45) is 0. The largest absolute Gasteiger partial charge is 0.322 e. The summed E-state index contributed by atoms with van der Waals surface area (Å²) in [4.78, 5) is 22.8. The van der Waals surface area contributed by atoms with Crippen LogP contribution in [0.5, 0.6) is 0 Å². The van der Waals surface area contributed by atoms with E-state index in [-0.39, 0.29) is 11.3 Å². The molecule has 0 atom stereocenters. The molecule has 0 spiro atoms. The van der Waals surface area contributed by atoms with E-state index < -0.39 is 10.8 Å². The second kappa shape index (κ2) is 6.05. The van der Waals surface area contributed by atoms with Crippen molar-refractivity contribution in [1.29, 1.82) is 0 Å². The zero-order valence-electron chi connectivity index (χ0n) is 11.5. The van der Waals surface area contributed by atoms with Gasteiger partial charge in [0.1, 0.15) is 5.56 Å². The summed E-state index contributed by atoms with van der Waals surface area (Å²) in [5.74, 6) is -0.490. The highest BCUT2D eigenvalue weighted by Gasteiger charge is 2.20. The summed E-state index contributed by atoms with van der Waals surface area (Å²) in [5.41, 5.74) is 2.14. The van der Waals surface area contributed by atoms with Gasteiger partial charge in [0.15, 0.2) is 0 Å². The molecule has 0 aliphatic heterocycles. The molecule has 21 heavy (non-hydrogen) atoms. The molecule has 0 saturated carbocycles. The van der Waals surface area contributed by atoms with Crippen molar-refractivity contribution < 1.29 is 9.72 Å². The number of nitrogens with zero attached hydrogens (tertiary/aromatic N) is 1. The third-order valence-corrected chi connectivity index (χ3v) is 3.52. The zero-order valence-corrected chi connectivity index (χ0v) is 13.1. The number of hydrogen-bond donors (Lipinski definition) is 1. The molecular formula is C15H13BrN2O3. The first kappa shape index (κ1) is 15.2. The van der Waals surface area contributed by atoms with Crippen LogP contribution in [0.1, 0.15) is 21.5 Å². The van der Waals surface area contributed by atoms with Crippen LogP contribution in [0.15, 0.2) is 40.9 Å².